The second-order valence-corrected chi connectivity index (χ2v) is 8.34. The van der Waals surface area contributed by atoms with Crippen LogP contribution in [0, 0.1) is 5.92 Å². The third kappa shape index (κ3) is 3.57. The number of rotatable bonds is 5. The first-order valence-electron chi connectivity index (χ1n) is 9.28. The highest BCUT2D eigenvalue weighted by Gasteiger charge is 2.38. The number of methoxy groups -OCH3 is 2. The number of nitrogens with zero attached hydrogens (tertiary/aromatic N) is 3. The van der Waals surface area contributed by atoms with Crippen LogP contribution in [0.1, 0.15) is 6.42 Å². The van der Waals surface area contributed by atoms with E-state index in [0.29, 0.717) is 27.3 Å². The number of benzene rings is 2. The molecule has 0 aliphatic carbocycles. The summed E-state index contributed by atoms with van der Waals surface area (Å²) in [4.78, 5) is 33.4. The summed E-state index contributed by atoms with van der Waals surface area (Å²) in [6, 6.07) is 11.0. The molecule has 0 N–H and O–H groups in total. The number of carbonyl (C=O) groups is 2. The van der Waals surface area contributed by atoms with E-state index in [1.165, 1.54) is 30.5 Å². The number of para-hydroxylation sites is 1. The van der Waals surface area contributed by atoms with Crippen LogP contribution >= 0.6 is 22.9 Å². The van der Waals surface area contributed by atoms with Crippen LogP contribution < -0.4 is 19.3 Å². The molecule has 0 radical (unpaired) electrons. The molecule has 1 aromatic heterocycles. The summed E-state index contributed by atoms with van der Waals surface area (Å²) in [6.07, 6.45) is 0.112. The molecule has 1 aliphatic rings. The molecule has 30 heavy (non-hydrogen) atoms. The molecule has 7 nitrogen and oxygen atoms in total. The minimum absolute atomic E-state index is 0.112. The number of amides is 2. The number of hydrogen-bond acceptors (Lipinski definition) is 6. The maximum absolute atomic E-state index is 13.1. The number of thiazole rings is 1. The molecular weight excluding hydrogens is 426 g/mol. The first kappa shape index (κ1) is 20.4. The molecule has 1 saturated heterocycles. The molecule has 1 aliphatic heterocycles. The van der Waals surface area contributed by atoms with Crippen molar-refractivity contribution in [2.75, 3.05) is 37.6 Å². The van der Waals surface area contributed by atoms with Gasteiger partial charge in [-0.25, -0.2) is 4.98 Å². The Balaban J connectivity index is 1.57. The topological polar surface area (TPSA) is 72.0 Å². The van der Waals surface area contributed by atoms with Crippen LogP contribution in [0.25, 0.3) is 10.2 Å². The normalized spacial score (nSPS) is 16.2. The van der Waals surface area contributed by atoms with Crippen molar-refractivity contribution < 1.29 is 19.1 Å². The van der Waals surface area contributed by atoms with E-state index in [1.807, 2.05) is 24.3 Å². The lowest BCUT2D eigenvalue weighted by molar-refractivity contribution is -0.124. The molecule has 0 saturated carbocycles. The van der Waals surface area contributed by atoms with Crippen LogP contribution in [0.2, 0.25) is 5.02 Å². The summed E-state index contributed by atoms with van der Waals surface area (Å²) >= 11 is 7.70. The predicted molar refractivity (Wildman–Crippen MR) is 118 cm³/mol. The van der Waals surface area contributed by atoms with Crippen LogP contribution in [0.15, 0.2) is 36.4 Å². The van der Waals surface area contributed by atoms with Gasteiger partial charge < -0.3 is 14.4 Å². The Morgan fingerprint density at radius 3 is 2.67 bits per heavy atom. The zero-order valence-corrected chi connectivity index (χ0v) is 18.3. The second-order valence-electron chi connectivity index (χ2n) is 6.93. The number of carbonyl (C=O) groups excluding carboxylic acids is 2. The van der Waals surface area contributed by atoms with Gasteiger partial charge in [0.2, 0.25) is 11.8 Å². The third-order valence-corrected chi connectivity index (χ3v) is 6.53. The number of hydrogen-bond donors (Lipinski definition) is 0. The van der Waals surface area contributed by atoms with Crippen molar-refractivity contribution in [3.63, 3.8) is 0 Å². The number of ether oxygens (including phenoxy) is 2. The summed E-state index contributed by atoms with van der Waals surface area (Å²) in [5, 5.41) is 0.972. The molecule has 2 amide bonds. The fraction of sp³-hybridized carbons (Fsp3) is 0.286. The average molecular weight is 446 g/mol. The van der Waals surface area contributed by atoms with Gasteiger partial charge in [-0.05, 0) is 18.2 Å². The van der Waals surface area contributed by atoms with Crippen LogP contribution in [-0.2, 0) is 9.59 Å². The van der Waals surface area contributed by atoms with Gasteiger partial charge in [0, 0.05) is 26.1 Å². The van der Waals surface area contributed by atoms with Gasteiger partial charge in [0.1, 0.15) is 11.5 Å². The monoisotopic (exact) mass is 445 g/mol. The van der Waals surface area contributed by atoms with E-state index in [9.17, 15) is 9.59 Å². The van der Waals surface area contributed by atoms with Crippen molar-refractivity contribution in [3.8, 4) is 11.5 Å². The predicted octanol–water partition coefficient (Wildman–Crippen LogP) is 3.98. The van der Waals surface area contributed by atoms with Crippen molar-refractivity contribution in [2.24, 2.45) is 5.92 Å². The number of anilines is 2. The molecule has 1 atom stereocenters. The molecule has 0 spiro atoms. The van der Waals surface area contributed by atoms with Crippen molar-refractivity contribution >= 4 is 55.8 Å². The highest BCUT2D eigenvalue weighted by Crippen LogP contribution is 2.40. The molecule has 4 rings (SSSR count). The van der Waals surface area contributed by atoms with E-state index in [1.54, 1.807) is 24.1 Å². The highest BCUT2D eigenvalue weighted by atomic mass is 35.5. The molecule has 1 unspecified atom stereocenters. The molecule has 2 aromatic carbocycles. The largest absolute Gasteiger partial charge is 0.495 e. The van der Waals surface area contributed by atoms with Gasteiger partial charge in [-0.1, -0.05) is 35.1 Å². The second kappa shape index (κ2) is 8.12. The fourth-order valence-electron chi connectivity index (χ4n) is 3.53. The molecule has 3 aromatic rings. The maximum atomic E-state index is 13.1. The molecule has 0 bridgehead atoms. The quantitative estimate of drug-likeness (QED) is 0.594. The van der Waals surface area contributed by atoms with Crippen LogP contribution in [0.4, 0.5) is 10.8 Å². The Hall–Kier alpha value is -2.84. The van der Waals surface area contributed by atoms with Crippen LogP contribution in [0.5, 0.6) is 11.5 Å². The highest BCUT2D eigenvalue weighted by molar-refractivity contribution is 7.22. The Kier molecular flexibility index (Phi) is 5.53. The molecule has 156 valence electrons. The summed E-state index contributed by atoms with van der Waals surface area (Å²) in [7, 11) is 4.71. The van der Waals surface area contributed by atoms with E-state index in [4.69, 9.17) is 21.1 Å². The first-order valence-corrected chi connectivity index (χ1v) is 10.5. The summed E-state index contributed by atoms with van der Waals surface area (Å²) in [6.45, 7) is 0.242. The summed E-state index contributed by atoms with van der Waals surface area (Å²) in [5.41, 5.74) is 1.37. The van der Waals surface area contributed by atoms with Crippen molar-refractivity contribution in [1.82, 2.24) is 4.98 Å². The van der Waals surface area contributed by atoms with E-state index in [0.717, 1.165) is 10.2 Å². The minimum atomic E-state index is -0.486. The zero-order valence-electron chi connectivity index (χ0n) is 16.7. The van der Waals surface area contributed by atoms with Crippen molar-refractivity contribution in [1.29, 1.82) is 0 Å². The van der Waals surface area contributed by atoms with Gasteiger partial charge in [0.05, 0.1) is 41.1 Å². The molecular formula is C21H20ClN3O4S. The van der Waals surface area contributed by atoms with Gasteiger partial charge in [-0.15, -0.1) is 0 Å². The lowest BCUT2D eigenvalue weighted by Gasteiger charge is -2.22. The SMILES string of the molecule is COc1cc(OC)c(N2CC(C(=O)N(C)c3nc4ccccc4s3)CC2=O)cc1Cl. The van der Waals surface area contributed by atoms with E-state index in [-0.39, 0.29) is 24.8 Å². The van der Waals surface area contributed by atoms with Crippen molar-refractivity contribution in [3.05, 3.63) is 41.4 Å². The fourth-order valence-corrected chi connectivity index (χ4v) is 4.70. The van der Waals surface area contributed by atoms with E-state index >= 15 is 0 Å². The van der Waals surface area contributed by atoms with Crippen LogP contribution in [0.3, 0.4) is 0 Å². The molecule has 9 heteroatoms. The molecule has 1 fully saturated rings. The number of halogens is 1. The standard InChI is InChI=1S/C21H20ClN3O4S/c1-24(21-23-14-6-4-5-7-18(14)30-21)20(27)12-8-19(26)25(11-12)15-9-13(22)16(28-2)10-17(15)29-3/h4-7,9-10,12H,8,11H2,1-3H3. The summed E-state index contributed by atoms with van der Waals surface area (Å²) in [5.74, 6) is 0.110. The average Bonchev–Trinajstić information content (AvgIpc) is 3.36. The maximum Gasteiger partial charge on any atom is 0.233 e. The summed E-state index contributed by atoms with van der Waals surface area (Å²) < 4.78 is 11.6. The van der Waals surface area contributed by atoms with Crippen molar-refractivity contribution in [2.45, 2.75) is 6.42 Å². The number of fused-ring (bicyclic) bond motifs is 1. The van der Waals surface area contributed by atoms with Gasteiger partial charge in [-0.2, -0.15) is 0 Å². The smallest absolute Gasteiger partial charge is 0.233 e. The first-order chi connectivity index (χ1) is 14.4. The Bertz CT molecular complexity index is 1100. The van der Waals surface area contributed by atoms with Gasteiger partial charge in [0.25, 0.3) is 0 Å². The Labute approximate surface area is 182 Å². The Morgan fingerprint density at radius 2 is 1.97 bits per heavy atom. The van der Waals surface area contributed by atoms with E-state index in [2.05, 4.69) is 4.98 Å². The number of aromatic nitrogens is 1. The van der Waals surface area contributed by atoms with E-state index < -0.39 is 5.92 Å². The lowest BCUT2D eigenvalue weighted by Crippen LogP contribution is -2.34. The third-order valence-electron chi connectivity index (χ3n) is 5.12. The Morgan fingerprint density at radius 1 is 1.23 bits per heavy atom. The zero-order chi connectivity index (χ0) is 21.4. The minimum Gasteiger partial charge on any atom is -0.495 e. The van der Waals surface area contributed by atoms with Gasteiger partial charge >= 0.3 is 0 Å². The lowest BCUT2D eigenvalue weighted by atomic mass is 10.1. The van der Waals surface area contributed by atoms with Crippen LogP contribution in [-0.4, -0.2) is 44.6 Å². The van der Waals surface area contributed by atoms with Gasteiger partial charge in [-0.3, -0.25) is 14.5 Å². The van der Waals surface area contributed by atoms with Gasteiger partial charge in [0.15, 0.2) is 5.13 Å². The molecule has 2 heterocycles.